The van der Waals surface area contributed by atoms with Gasteiger partial charge in [-0.25, -0.2) is 0 Å². The maximum absolute atomic E-state index is 14.2. The Morgan fingerprint density at radius 2 is 0.593 bits per heavy atom. The van der Waals surface area contributed by atoms with E-state index in [4.69, 9.17) is 0 Å². The second-order valence-corrected chi connectivity index (χ2v) is 14.6. The zero-order chi connectivity index (χ0) is 21.0. The summed E-state index contributed by atoms with van der Waals surface area (Å²) < 4.78 is 133. The van der Waals surface area contributed by atoms with Gasteiger partial charge in [-0.15, -0.1) is 0 Å². The molecule has 0 fully saturated rings. The number of benzene rings is 2. The van der Waals surface area contributed by atoms with Gasteiger partial charge in [0.25, 0.3) is 0 Å². The van der Waals surface area contributed by atoms with Crippen LogP contribution in [-0.2, 0) is 0 Å². The van der Waals surface area contributed by atoms with Gasteiger partial charge in [0.15, 0.2) is 0 Å². The van der Waals surface area contributed by atoms with Gasteiger partial charge in [0.2, 0.25) is 0 Å². The molecule has 0 N–H and O–H groups in total. The summed E-state index contributed by atoms with van der Waals surface area (Å²) in [6.07, 6.45) is 0. The molecule has 2 aromatic rings. The summed E-state index contributed by atoms with van der Waals surface area (Å²) in [5.74, 6) is -23.9. The van der Waals surface area contributed by atoms with Crippen LogP contribution in [0.25, 0.3) is 0 Å². The fourth-order valence-electron chi connectivity index (χ4n) is 2.76. The van der Waals surface area contributed by atoms with Crippen LogP contribution in [0, 0.1) is 58.2 Å². The van der Waals surface area contributed by atoms with E-state index in [1.165, 1.54) is 0 Å². The first-order valence-corrected chi connectivity index (χ1v) is 10.9. The van der Waals surface area contributed by atoms with Gasteiger partial charge < -0.3 is 0 Å². The van der Waals surface area contributed by atoms with E-state index in [-0.39, 0.29) is 0 Å². The molecule has 0 aromatic heterocycles. The molecule has 0 heterocycles. The predicted molar refractivity (Wildman–Crippen MR) is 77.2 cm³/mol. The second-order valence-electron chi connectivity index (χ2n) is 6.77. The molecule has 0 spiro atoms. The fraction of sp³-hybridized carbons (Fsp3) is 0.250. The third-order valence-electron chi connectivity index (χ3n) is 3.93. The Bertz CT molecular complexity index is 805. The van der Waals surface area contributed by atoms with Gasteiger partial charge in [-0.1, -0.05) is 0 Å². The van der Waals surface area contributed by atoms with Crippen LogP contribution >= 0.6 is 0 Å². The third kappa shape index (κ3) is 3.35. The molecule has 0 saturated carbocycles. The van der Waals surface area contributed by atoms with E-state index in [1.54, 1.807) is 0 Å². The van der Waals surface area contributed by atoms with E-state index < -0.39 is 86.6 Å². The summed E-state index contributed by atoms with van der Waals surface area (Å²) in [5.41, 5.74) is 0. The molecule has 2 rings (SSSR count). The average molecular weight is 461 g/mol. The van der Waals surface area contributed by atoms with Crippen LogP contribution in [0.3, 0.4) is 0 Å². The van der Waals surface area contributed by atoms with Crippen molar-refractivity contribution in [2.45, 2.75) is 24.7 Å². The second kappa shape index (κ2) is 7.08. The molecule has 11 heteroatoms. The molecule has 0 unspecified atom stereocenters. The Morgan fingerprint density at radius 3 is 0.778 bits per heavy atom. The quantitative estimate of drug-likeness (QED) is 0.268. The first-order valence-electron chi connectivity index (χ1n) is 7.26. The molecule has 0 radical (unpaired) electrons. The van der Waals surface area contributed by atoms with E-state index in [0.717, 1.165) is 20.8 Å². The zero-order valence-electron chi connectivity index (χ0n) is 13.9. The molecule has 27 heavy (non-hydrogen) atoms. The van der Waals surface area contributed by atoms with Crippen molar-refractivity contribution < 1.29 is 43.9 Å². The summed E-state index contributed by atoms with van der Waals surface area (Å²) >= 11 is -4.89. The van der Waals surface area contributed by atoms with Gasteiger partial charge in [-0.3, -0.25) is 0 Å². The van der Waals surface area contributed by atoms with Crippen molar-refractivity contribution in [3.8, 4) is 0 Å². The van der Waals surface area contributed by atoms with Gasteiger partial charge in [0, 0.05) is 0 Å². The van der Waals surface area contributed by atoms with Crippen LogP contribution in [0.15, 0.2) is 0 Å². The maximum atomic E-state index is 14.2. The summed E-state index contributed by atoms with van der Waals surface area (Å²) in [6, 6.07) is 0. The zero-order valence-corrected chi connectivity index (χ0v) is 16.3. The van der Waals surface area contributed by atoms with Crippen LogP contribution in [0.1, 0.15) is 20.8 Å². The van der Waals surface area contributed by atoms with Crippen molar-refractivity contribution in [3.05, 3.63) is 58.2 Å². The van der Waals surface area contributed by atoms with E-state index in [0.29, 0.717) is 0 Å². The van der Waals surface area contributed by atoms with Crippen molar-refractivity contribution >= 4 is 24.5 Å². The summed E-state index contributed by atoms with van der Waals surface area (Å²) in [5, 5.41) is 0. The van der Waals surface area contributed by atoms with Gasteiger partial charge in [0.05, 0.1) is 0 Å². The molecule has 0 atom stereocenters. The minimum atomic E-state index is -4.89. The predicted octanol–water partition coefficient (Wildman–Crippen LogP) is 4.49. The van der Waals surface area contributed by atoms with Crippen molar-refractivity contribution in [2.24, 2.45) is 0 Å². The van der Waals surface area contributed by atoms with E-state index in [1.807, 2.05) is 0 Å². The van der Waals surface area contributed by atoms with Crippen molar-refractivity contribution in [3.63, 3.8) is 0 Å². The Kier molecular flexibility index (Phi) is 5.68. The van der Waals surface area contributed by atoms with Crippen molar-refractivity contribution in [1.82, 2.24) is 0 Å². The molecule has 146 valence electrons. The van der Waals surface area contributed by atoms with Crippen molar-refractivity contribution in [1.29, 1.82) is 0 Å². The number of rotatable bonds is 2. The molecule has 2 aromatic carbocycles. The molecule has 0 saturated heterocycles. The molecule has 0 nitrogen and oxygen atoms in total. The standard InChI is InChI=1S/2C6F5.C4H9.Ga/c2*7-2-1-3(8)5(10)6(11)4(2)9;1-4(2)3;/h;;1-3H3;. The van der Waals surface area contributed by atoms with Crippen LogP contribution < -0.4 is 8.24 Å². The SMILES string of the molecule is C[C](C)(C)[Ga]([c]1c(F)c(F)c(F)c(F)c1F)[c]1c(F)c(F)c(F)c(F)c1F. The average Bonchev–Trinajstić information content (AvgIpc) is 2.59. The monoisotopic (exact) mass is 460 g/mol. The molecule has 0 amide bonds. The molecule has 0 aliphatic carbocycles. The van der Waals surface area contributed by atoms with Crippen LogP contribution in [0.5, 0.6) is 0 Å². The van der Waals surface area contributed by atoms with Crippen LogP contribution in [0.4, 0.5) is 43.9 Å². The molecular weight excluding hydrogens is 452 g/mol. The Balaban J connectivity index is 3.04. The normalized spacial score (nSPS) is 11.9. The summed E-state index contributed by atoms with van der Waals surface area (Å²) in [4.78, 5) is 0. The number of hydrogen-bond acceptors (Lipinski definition) is 0. The fourth-order valence-corrected chi connectivity index (χ4v) is 10.2. The molecule has 0 aliphatic heterocycles. The van der Waals surface area contributed by atoms with Gasteiger partial charge in [-0.2, -0.15) is 0 Å². The van der Waals surface area contributed by atoms with Gasteiger partial charge in [0.1, 0.15) is 0 Å². The minimum absolute atomic E-state index is 1.15. The number of halogens is 10. The summed E-state index contributed by atoms with van der Waals surface area (Å²) in [7, 11) is 0. The Labute approximate surface area is 151 Å². The first-order chi connectivity index (χ1) is 12.2. The van der Waals surface area contributed by atoms with E-state index >= 15 is 0 Å². The van der Waals surface area contributed by atoms with Gasteiger partial charge in [-0.05, 0) is 0 Å². The van der Waals surface area contributed by atoms with E-state index in [2.05, 4.69) is 0 Å². The summed E-state index contributed by atoms with van der Waals surface area (Å²) in [6.45, 7) is 3.44. The molecular formula is C16H9F10Ga. The van der Waals surface area contributed by atoms with Gasteiger partial charge >= 0.3 is 151 Å². The molecule has 0 aliphatic rings. The number of hydrogen-bond donors (Lipinski definition) is 0. The van der Waals surface area contributed by atoms with Crippen LogP contribution in [-0.4, -0.2) is 16.2 Å². The van der Waals surface area contributed by atoms with Crippen LogP contribution in [0.2, 0.25) is 3.97 Å². The first kappa shape index (κ1) is 21.7. The molecule has 0 bridgehead atoms. The van der Waals surface area contributed by atoms with E-state index in [9.17, 15) is 43.9 Å². The third-order valence-corrected chi connectivity index (χ3v) is 12.1. The Morgan fingerprint density at radius 1 is 0.407 bits per heavy atom. The van der Waals surface area contributed by atoms with Crippen molar-refractivity contribution in [2.75, 3.05) is 0 Å². The Hall–Kier alpha value is -1.62. The topological polar surface area (TPSA) is 0 Å².